The Kier molecular flexibility index (Phi) is 8.20. The van der Waals surface area contributed by atoms with Gasteiger partial charge in [0, 0.05) is 27.6 Å². The van der Waals surface area contributed by atoms with E-state index in [9.17, 15) is 9.18 Å². The van der Waals surface area contributed by atoms with E-state index in [4.69, 9.17) is 14.6 Å². The van der Waals surface area contributed by atoms with Gasteiger partial charge in [0.25, 0.3) is 0 Å². The van der Waals surface area contributed by atoms with E-state index in [1.165, 1.54) is 18.2 Å². The summed E-state index contributed by atoms with van der Waals surface area (Å²) in [5.41, 5.74) is 10.4. The molecule has 0 atom stereocenters. The summed E-state index contributed by atoms with van der Waals surface area (Å²) >= 11 is 0. The molecule has 7 heteroatoms. The predicted molar refractivity (Wildman–Crippen MR) is 221 cm³/mol. The van der Waals surface area contributed by atoms with E-state index in [2.05, 4.69) is 0 Å². The second kappa shape index (κ2) is 13.4. The van der Waals surface area contributed by atoms with Gasteiger partial charge in [0.15, 0.2) is 11.4 Å². The van der Waals surface area contributed by atoms with Crippen LogP contribution in [0, 0.1) is 11.6 Å². The van der Waals surface area contributed by atoms with Crippen LogP contribution >= 0.6 is 0 Å². The first kappa shape index (κ1) is 35.0. The third kappa shape index (κ3) is 5.52. The Morgan fingerprint density at radius 3 is 1.63 bits per heavy atom. The Bertz CT molecular complexity index is 2960. The maximum Gasteiger partial charge on any atom is 0.201 e. The normalized spacial score (nSPS) is 15.6. The second-order valence-electron chi connectivity index (χ2n) is 15.5. The van der Waals surface area contributed by atoms with Crippen LogP contribution < -0.4 is 16.6 Å². The van der Waals surface area contributed by atoms with E-state index in [0.717, 1.165) is 42.4 Å². The lowest BCUT2D eigenvalue weighted by atomic mass is 9.59. The number of para-hydroxylation sites is 1. The Morgan fingerprint density at radius 1 is 0.509 bits per heavy atom. The highest BCUT2D eigenvalue weighted by molar-refractivity contribution is 5.93. The summed E-state index contributed by atoms with van der Waals surface area (Å²) in [6.45, 7) is 0. The molecule has 0 unspecified atom stereocenters. The summed E-state index contributed by atoms with van der Waals surface area (Å²) < 4.78 is 44.4. The third-order valence-corrected chi connectivity index (χ3v) is 12.4. The molecule has 0 amide bonds. The maximum atomic E-state index is 16.6. The largest absolute Gasteiger partial charge is 0.455 e. The van der Waals surface area contributed by atoms with Gasteiger partial charge in [-0.2, -0.15) is 0 Å². The first-order chi connectivity index (χ1) is 27.8. The van der Waals surface area contributed by atoms with E-state index in [1.54, 1.807) is 12.1 Å². The minimum atomic E-state index is -0.832. The van der Waals surface area contributed by atoms with E-state index < -0.39 is 17.0 Å². The number of hydrogen-bond acceptors (Lipinski definition) is 5. The van der Waals surface area contributed by atoms with Gasteiger partial charge in [-0.15, -0.1) is 0 Å². The standard InChI is InChI=1S/C50H37F2NO4/c51-37-24-25-39-42(45(55)41(46(56-39)32-10-3-1-4-11-32)31-18-22-35(23-19-31)50(53)28-9-29-50)43(37)49(26-8-27-49)34-20-16-30(17-21-34)40-44(54)36-14-7-15-38(52)48(36)57-47(40)33-12-5-2-6-13-33/h1-7,10-25H,8-9,26-29,53H2. The molecule has 0 bridgehead atoms. The van der Waals surface area contributed by atoms with Crippen LogP contribution in [0.1, 0.15) is 55.2 Å². The van der Waals surface area contributed by atoms with Crippen LogP contribution in [0.2, 0.25) is 0 Å². The van der Waals surface area contributed by atoms with Crippen molar-refractivity contribution in [3.05, 3.63) is 188 Å². The molecule has 0 radical (unpaired) electrons. The molecular formula is C50H37F2NO4. The molecule has 2 aromatic heterocycles. The van der Waals surface area contributed by atoms with Crippen LogP contribution in [0.5, 0.6) is 0 Å². The number of fused-ring (bicyclic) bond motifs is 2. The maximum absolute atomic E-state index is 16.6. The van der Waals surface area contributed by atoms with Crippen molar-refractivity contribution in [1.29, 1.82) is 0 Å². The lowest BCUT2D eigenvalue weighted by Gasteiger charge is -2.43. The van der Waals surface area contributed by atoms with Gasteiger partial charge >= 0.3 is 0 Å². The van der Waals surface area contributed by atoms with Crippen LogP contribution in [0.4, 0.5) is 8.78 Å². The number of halogens is 2. The molecule has 0 saturated heterocycles. The van der Waals surface area contributed by atoms with Gasteiger partial charge in [-0.05, 0) is 78.6 Å². The van der Waals surface area contributed by atoms with Crippen molar-refractivity contribution < 1.29 is 17.6 Å². The van der Waals surface area contributed by atoms with Gasteiger partial charge in [0.2, 0.25) is 10.9 Å². The zero-order valence-electron chi connectivity index (χ0n) is 31.0. The highest BCUT2D eigenvalue weighted by Crippen LogP contribution is 2.52. The fraction of sp³-hybridized carbons (Fsp3) is 0.160. The van der Waals surface area contributed by atoms with Crippen LogP contribution in [0.15, 0.2) is 158 Å². The van der Waals surface area contributed by atoms with E-state index in [-0.39, 0.29) is 38.5 Å². The molecule has 2 saturated carbocycles. The topological polar surface area (TPSA) is 86.4 Å². The highest BCUT2D eigenvalue weighted by atomic mass is 19.1. The zero-order chi connectivity index (χ0) is 38.9. The van der Waals surface area contributed by atoms with Crippen LogP contribution in [-0.2, 0) is 11.0 Å². The summed E-state index contributed by atoms with van der Waals surface area (Å²) in [7, 11) is 0. The number of nitrogens with two attached hydrogens (primary N) is 1. The minimum absolute atomic E-state index is 0.104. The lowest BCUT2D eigenvalue weighted by molar-refractivity contribution is 0.253. The molecule has 280 valence electrons. The molecule has 2 aliphatic carbocycles. The van der Waals surface area contributed by atoms with Gasteiger partial charge in [-0.25, -0.2) is 8.78 Å². The quantitative estimate of drug-likeness (QED) is 0.175. The number of benzene rings is 6. The number of hydrogen-bond donors (Lipinski definition) is 1. The van der Waals surface area contributed by atoms with Crippen molar-refractivity contribution in [2.75, 3.05) is 0 Å². The van der Waals surface area contributed by atoms with Crippen molar-refractivity contribution in [1.82, 2.24) is 0 Å². The molecule has 5 nitrogen and oxygen atoms in total. The summed E-state index contributed by atoms with van der Waals surface area (Å²) in [5.74, 6) is -0.428. The van der Waals surface area contributed by atoms with Crippen molar-refractivity contribution in [2.45, 2.75) is 49.5 Å². The smallest absolute Gasteiger partial charge is 0.201 e. The van der Waals surface area contributed by atoms with Crippen LogP contribution in [0.3, 0.4) is 0 Å². The Morgan fingerprint density at radius 2 is 1.07 bits per heavy atom. The summed E-state index contributed by atoms with van der Waals surface area (Å²) in [4.78, 5) is 29.2. The van der Waals surface area contributed by atoms with Crippen molar-refractivity contribution >= 4 is 21.9 Å². The second-order valence-corrected chi connectivity index (χ2v) is 15.5. The van der Waals surface area contributed by atoms with Gasteiger partial charge in [-0.1, -0.05) is 122 Å². The van der Waals surface area contributed by atoms with Crippen molar-refractivity contribution in [3.8, 4) is 44.9 Å². The van der Waals surface area contributed by atoms with E-state index >= 15 is 9.18 Å². The molecule has 2 fully saturated rings. The molecule has 2 N–H and O–H groups in total. The first-order valence-corrected chi connectivity index (χ1v) is 19.4. The Balaban J connectivity index is 1.15. The van der Waals surface area contributed by atoms with E-state index in [0.29, 0.717) is 57.6 Å². The Labute approximate surface area is 327 Å². The molecule has 0 spiro atoms. The summed E-state index contributed by atoms with van der Waals surface area (Å²) in [6, 6.07) is 41.2. The zero-order valence-corrected chi connectivity index (χ0v) is 31.0. The average molecular weight is 754 g/mol. The highest BCUT2D eigenvalue weighted by Gasteiger charge is 2.44. The fourth-order valence-corrected chi connectivity index (χ4v) is 9.00. The molecule has 6 aromatic carbocycles. The molecular weight excluding hydrogens is 717 g/mol. The van der Waals surface area contributed by atoms with Crippen LogP contribution in [0.25, 0.3) is 66.8 Å². The fourth-order valence-electron chi connectivity index (χ4n) is 9.00. The summed E-state index contributed by atoms with van der Waals surface area (Å²) in [6.07, 6.45) is 4.95. The first-order valence-electron chi connectivity index (χ1n) is 19.4. The van der Waals surface area contributed by atoms with Gasteiger partial charge < -0.3 is 14.6 Å². The predicted octanol–water partition coefficient (Wildman–Crippen LogP) is 11.7. The molecule has 10 rings (SSSR count). The van der Waals surface area contributed by atoms with Gasteiger partial charge in [0.05, 0.1) is 21.9 Å². The monoisotopic (exact) mass is 753 g/mol. The summed E-state index contributed by atoms with van der Waals surface area (Å²) in [5, 5.41) is 0.357. The minimum Gasteiger partial charge on any atom is -0.455 e. The number of rotatable bonds is 7. The molecule has 2 heterocycles. The van der Waals surface area contributed by atoms with E-state index in [1.807, 2.05) is 109 Å². The lowest BCUT2D eigenvalue weighted by Crippen LogP contribution is -2.43. The average Bonchev–Trinajstić information content (AvgIpc) is 3.21. The molecule has 2 aliphatic rings. The molecule has 57 heavy (non-hydrogen) atoms. The third-order valence-electron chi connectivity index (χ3n) is 12.4. The van der Waals surface area contributed by atoms with Gasteiger partial charge in [-0.3, -0.25) is 9.59 Å². The van der Waals surface area contributed by atoms with Gasteiger partial charge in [0.1, 0.15) is 22.9 Å². The SMILES string of the molecule is NC1(c2ccc(-c3c(-c4ccccc4)oc4ccc(F)c(C5(c6ccc(-c7c(-c8ccccc8)oc8c(F)cccc8c7=O)cc6)CCC5)c4c3=O)cc2)CCC1. The molecule has 8 aromatic rings. The Hall–Kier alpha value is -6.44. The van der Waals surface area contributed by atoms with Crippen LogP contribution in [-0.4, -0.2) is 0 Å². The van der Waals surface area contributed by atoms with Crippen molar-refractivity contribution in [2.24, 2.45) is 5.73 Å². The van der Waals surface area contributed by atoms with Crippen molar-refractivity contribution in [3.63, 3.8) is 0 Å². The molecule has 0 aliphatic heterocycles.